The summed E-state index contributed by atoms with van der Waals surface area (Å²) >= 11 is 0. The third-order valence-corrected chi connectivity index (χ3v) is 2.97. The standard InChI is InChI=1S/C14H19N.C2H6/c1-10(2)12-5-6-14-13(9-12)7-8-15(14)11(3)4;1-2/h5-11H,1-4H3;1-2H3. The molecule has 0 bridgehead atoms. The summed E-state index contributed by atoms with van der Waals surface area (Å²) in [6.45, 7) is 12.9. The smallest absolute Gasteiger partial charge is 0.0482 e. The molecule has 17 heavy (non-hydrogen) atoms. The van der Waals surface area contributed by atoms with Crippen LogP contribution in [0.25, 0.3) is 10.9 Å². The van der Waals surface area contributed by atoms with E-state index in [0.29, 0.717) is 12.0 Å². The lowest BCUT2D eigenvalue weighted by Crippen LogP contribution is -1.98. The van der Waals surface area contributed by atoms with Gasteiger partial charge in [-0.2, -0.15) is 0 Å². The van der Waals surface area contributed by atoms with Crippen LogP contribution in [0, 0.1) is 0 Å². The minimum absolute atomic E-state index is 0.535. The van der Waals surface area contributed by atoms with E-state index >= 15 is 0 Å². The number of rotatable bonds is 2. The molecule has 0 saturated carbocycles. The van der Waals surface area contributed by atoms with Crippen LogP contribution in [-0.4, -0.2) is 4.57 Å². The number of benzene rings is 1. The molecule has 1 aromatic carbocycles. The normalized spacial score (nSPS) is 10.8. The van der Waals surface area contributed by atoms with E-state index in [1.165, 1.54) is 16.5 Å². The first-order chi connectivity index (χ1) is 8.09. The second-order valence-electron chi connectivity index (χ2n) is 4.79. The number of nitrogens with zero attached hydrogens (tertiary/aromatic N) is 1. The van der Waals surface area contributed by atoms with Gasteiger partial charge in [0.05, 0.1) is 0 Å². The molecular formula is C16H25N. The van der Waals surface area contributed by atoms with Crippen LogP contribution in [0.1, 0.15) is 59.1 Å². The predicted molar refractivity (Wildman–Crippen MR) is 77.8 cm³/mol. The molecule has 1 heteroatoms. The summed E-state index contributed by atoms with van der Waals surface area (Å²) in [6, 6.07) is 9.53. The summed E-state index contributed by atoms with van der Waals surface area (Å²) in [4.78, 5) is 0. The van der Waals surface area contributed by atoms with Crippen molar-refractivity contribution in [3.63, 3.8) is 0 Å². The maximum absolute atomic E-state index is 2.32. The fraction of sp³-hybridized carbons (Fsp3) is 0.500. The van der Waals surface area contributed by atoms with Crippen molar-refractivity contribution in [3.05, 3.63) is 36.0 Å². The number of aromatic nitrogens is 1. The maximum Gasteiger partial charge on any atom is 0.0482 e. The van der Waals surface area contributed by atoms with E-state index in [4.69, 9.17) is 0 Å². The molecule has 94 valence electrons. The number of hydrogen-bond donors (Lipinski definition) is 0. The molecule has 0 aliphatic rings. The Morgan fingerprint density at radius 2 is 1.59 bits per heavy atom. The summed E-state index contributed by atoms with van der Waals surface area (Å²) in [7, 11) is 0. The molecule has 0 saturated heterocycles. The zero-order valence-corrected chi connectivity index (χ0v) is 12.0. The van der Waals surface area contributed by atoms with Gasteiger partial charge in [0.1, 0.15) is 0 Å². The van der Waals surface area contributed by atoms with Gasteiger partial charge < -0.3 is 4.57 Å². The van der Waals surface area contributed by atoms with Crippen LogP contribution < -0.4 is 0 Å². The maximum atomic E-state index is 2.32. The Bertz CT molecular complexity index is 463. The molecule has 0 N–H and O–H groups in total. The molecule has 1 nitrogen and oxygen atoms in total. The molecule has 0 aliphatic carbocycles. The second-order valence-corrected chi connectivity index (χ2v) is 4.79. The van der Waals surface area contributed by atoms with Crippen molar-refractivity contribution in [3.8, 4) is 0 Å². The van der Waals surface area contributed by atoms with Crippen LogP contribution in [0.4, 0.5) is 0 Å². The minimum Gasteiger partial charge on any atom is -0.345 e. The molecule has 0 amide bonds. The predicted octanol–water partition coefficient (Wildman–Crippen LogP) is 5.37. The van der Waals surface area contributed by atoms with Crippen LogP contribution in [-0.2, 0) is 0 Å². The van der Waals surface area contributed by atoms with Crippen LogP contribution in [0.15, 0.2) is 30.5 Å². The lowest BCUT2D eigenvalue weighted by atomic mass is 10.0. The van der Waals surface area contributed by atoms with Gasteiger partial charge in [-0.15, -0.1) is 0 Å². The topological polar surface area (TPSA) is 4.93 Å². The Morgan fingerprint density at radius 3 is 2.12 bits per heavy atom. The SMILES string of the molecule is CC.CC(C)c1ccc2c(ccn2C(C)C)c1. The van der Waals surface area contributed by atoms with Crippen molar-refractivity contribution in [2.45, 2.75) is 53.5 Å². The number of fused-ring (bicyclic) bond motifs is 1. The van der Waals surface area contributed by atoms with Crippen LogP contribution in [0.5, 0.6) is 0 Å². The average molecular weight is 231 g/mol. The molecule has 1 heterocycles. The van der Waals surface area contributed by atoms with Gasteiger partial charge in [-0.25, -0.2) is 0 Å². The zero-order chi connectivity index (χ0) is 13.0. The molecule has 0 radical (unpaired) electrons. The Balaban J connectivity index is 0.000000686. The first-order valence-electron chi connectivity index (χ1n) is 6.70. The van der Waals surface area contributed by atoms with E-state index in [9.17, 15) is 0 Å². The lowest BCUT2D eigenvalue weighted by molar-refractivity contribution is 0.623. The first kappa shape index (κ1) is 13.8. The molecular weight excluding hydrogens is 206 g/mol. The van der Waals surface area contributed by atoms with Crippen molar-refractivity contribution in [2.75, 3.05) is 0 Å². The quantitative estimate of drug-likeness (QED) is 0.654. The van der Waals surface area contributed by atoms with Gasteiger partial charge in [-0.3, -0.25) is 0 Å². The van der Waals surface area contributed by atoms with E-state index in [-0.39, 0.29) is 0 Å². The third kappa shape index (κ3) is 2.91. The van der Waals surface area contributed by atoms with Gasteiger partial charge in [0.25, 0.3) is 0 Å². The van der Waals surface area contributed by atoms with Gasteiger partial charge >= 0.3 is 0 Å². The van der Waals surface area contributed by atoms with E-state index in [1.807, 2.05) is 13.8 Å². The summed E-state index contributed by atoms with van der Waals surface area (Å²) in [6.07, 6.45) is 2.18. The van der Waals surface area contributed by atoms with E-state index in [2.05, 4.69) is 62.7 Å². The Kier molecular flexibility index (Phi) is 4.80. The van der Waals surface area contributed by atoms with Gasteiger partial charge in [0, 0.05) is 17.8 Å². The van der Waals surface area contributed by atoms with E-state index in [1.54, 1.807) is 0 Å². The molecule has 0 fully saturated rings. The highest BCUT2D eigenvalue weighted by Gasteiger charge is 2.05. The van der Waals surface area contributed by atoms with Crippen molar-refractivity contribution in [1.29, 1.82) is 0 Å². The molecule has 0 unspecified atom stereocenters. The Morgan fingerprint density at radius 1 is 0.941 bits per heavy atom. The zero-order valence-electron chi connectivity index (χ0n) is 12.0. The monoisotopic (exact) mass is 231 g/mol. The van der Waals surface area contributed by atoms with Crippen molar-refractivity contribution in [2.24, 2.45) is 0 Å². The highest BCUT2D eigenvalue weighted by atomic mass is 15.0. The highest BCUT2D eigenvalue weighted by molar-refractivity contribution is 5.81. The lowest BCUT2D eigenvalue weighted by Gasteiger charge is -2.10. The van der Waals surface area contributed by atoms with Gasteiger partial charge in [0.15, 0.2) is 0 Å². The largest absolute Gasteiger partial charge is 0.345 e. The molecule has 0 aliphatic heterocycles. The molecule has 0 spiro atoms. The molecule has 2 rings (SSSR count). The fourth-order valence-corrected chi connectivity index (χ4v) is 1.99. The molecule has 0 atom stereocenters. The van der Waals surface area contributed by atoms with Gasteiger partial charge in [-0.1, -0.05) is 33.8 Å². The summed E-state index contributed by atoms with van der Waals surface area (Å²) in [5.74, 6) is 0.608. The van der Waals surface area contributed by atoms with Crippen LogP contribution >= 0.6 is 0 Å². The van der Waals surface area contributed by atoms with Crippen molar-refractivity contribution >= 4 is 10.9 Å². The third-order valence-electron chi connectivity index (χ3n) is 2.97. The van der Waals surface area contributed by atoms with E-state index in [0.717, 1.165) is 0 Å². The van der Waals surface area contributed by atoms with Gasteiger partial charge in [0.2, 0.25) is 0 Å². The highest BCUT2D eigenvalue weighted by Crippen LogP contribution is 2.24. The Labute approximate surface area is 105 Å². The summed E-state index contributed by atoms with van der Waals surface area (Å²) < 4.78 is 2.32. The molecule has 2 aromatic rings. The Hall–Kier alpha value is -1.24. The fourth-order valence-electron chi connectivity index (χ4n) is 1.99. The van der Waals surface area contributed by atoms with Crippen LogP contribution in [0.2, 0.25) is 0 Å². The van der Waals surface area contributed by atoms with Crippen molar-refractivity contribution in [1.82, 2.24) is 4.57 Å². The van der Waals surface area contributed by atoms with Crippen LogP contribution in [0.3, 0.4) is 0 Å². The average Bonchev–Trinajstić information content (AvgIpc) is 2.74. The number of hydrogen-bond acceptors (Lipinski definition) is 0. The second kappa shape index (κ2) is 5.90. The van der Waals surface area contributed by atoms with E-state index < -0.39 is 0 Å². The molecule has 1 aromatic heterocycles. The first-order valence-corrected chi connectivity index (χ1v) is 6.70. The minimum atomic E-state index is 0.535. The summed E-state index contributed by atoms with van der Waals surface area (Å²) in [5, 5.41) is 1.36. The summed E-state index contributed by atoms with van der Waals surface area (Å²) in [5.41, 5.74) is 2.76. The van der Waals surface area contributed by atoms with Crippen molar-refractivity contribution < 1.29 is 0 Å². The van der Waals surface area contributed by atoms with Gasteiger partial charge in [-0.05, 0) is 48.9 Å².